The van der Waals surface area contributed by atoms with Crippen molar-refractivity contribution in [2.45, 2.75) is 24.2 Å². The van der Waals surface area contributed by atoms with Crippen LogP contribution in [0.1, 0.15) is 19.3 Å². The lowest BCUT2D eigenvalue weighted by Gasteiger charge is -2.24. The van der Waals surface area contributed by atoms with E-state index in [2.05, 4.69) is 9.26 Å². The van der Waals surface area contributed by atoms with Crippen LogP contribution in [0.4, 0.5) is 0 Å². The van der Waals surface area contributed by atoms with E-state index >= 15 is 0 Å². The Labute approximate surface area is 104 Å². The van der Waals surface area contributed by atoms with Gasteiger partial charge in [-0.3, -0.25) is 4.90 Å². The van der Waals surface area contributed by atoms with Crippen molar-refractivity contribution in [2.24, 2.45) is 4.36 Å². The molecule has 2 rings (SSSR count). The van der Waals surface area contributed by atoms with Crippen LogP contribution in [-0.4, -0.2) is 35.1 Å². The van der Waals surface area contributed by atoms with E-state index in [1.54, 1.807) is 6.26 Å². The molecule has 0 aliphatic carbocycles. The molecule has 0 saturated carbocycles. The Balaban J connectivity index is 2.07. The maximum atomic E-state index is 12.4. The average Bonchev–Trinajstić information content (AvgIpc) is 2.39. The van der Waals surface area contributed by atoms with Gasteiger partial charge < -0.3 is 0 Å². The first-order chi connectivity index (χ1) is 8.18. The molecule has 0 bridgehead atoms. The first kappa shape index (κ1) is 12.6. The summed E-state index contributed by atoms with van der Waals surface area (Å²) in [6, 6.07) is 9.54. The number of hydrogen-bond donors (Lipinski definition) is 0. The molecule has 1 fully saturated rings. The third kappa shape index (κ3) is 3.54. The molecule has 1 unspecified atom stereocenters. The zero-order chi connectivity index (χ0) is 12.1. The second-order valence-electron chi connectivity index (χ2n) is 4.56. The molecule has 0 amide bonds. The molecule has 0 N–H and O–H groups in total. The first-order valence-electron chi connectivity index (χ1n) is 6.14. The Bertz CT molecular complexity index is 458. The van der Waals surface area contributed by atoms with Crippen molar-refractivity contribution >= 4 is 9.73 Å². The van der Waals surface area contributed by atoms with Gasteiger partial charge >= 0.3 is 0 Å². The SMILES string of the molecule is CS(=O)(=NCN1CCCCC1)c1ccccc1. The lowest BCUT2D eigenvalue weighted by atomic mass is 10.1. The van der Waals surface area contributed by atoms with Crippen LogP contribution in [0.15, 0.2) is 39.6 Å². The van der Waals surface area contributed by atoms with Crippen LogP contribution in [0, 0.1) is 0 Å². The van der Waals surface area contributed by atoms with Crippen LogP contribution in [0.3, 0.4) is 0 Å². The lowest BCUT2D eigenvalue weighted by molar-refractivity contribution is 0.236. The topological polar surface area (TPSA) is 32.7 Å². The Morgan fingerprint density at radius 2 is 1.82 bits per heavy atom. The summed E-state index contributed by atoms with van der Waals surface area (Å²) < 4.78 is 16.8. The monoisotopic (exact) mass is 252 g/mol. The van der Waals surface area contributed by atoms with E-state index in [4.69, 9.17) is 0 Å². The maximum Gasteiger partial charge on any atom is 0.101 e. The van der Waals surface area contributed by atoms with Gasteiger partial charge in [-0.05, 0) is 38.1 Å². The molecule has 17 heavy (non-hydrogen) atoms. The molecule has 1 heterocycles. The van der Waals surface area contributed by atoms with Crippen LogP contribution in [0.5, 0.6) is 0 Å². The number of benzene rings is 1. The second-order valence-corrected chi connectivity index (χ2v) is 6.90. The fourth-order valence-electron chi connectivity index (χ4n) is 2.04. The largest absolute Gasteiger partial charge is 0.284 e. The molecule has 94 valence electrons. The van der Waals surface area contributed by atoms with Crippen molar-refractivity contribution in [2.75, 3.05) is 26.0 Å². The van der Waals surface area contributed by atoms with Gasteiger partial charge in [-0.2, -0.15) is 0 Å². The molecular weight excluding hydrogens is 232 g/mol. The molecular formula is C13H20N2OS. The summed E-state index contributed by atoms with van der Waals surface area (Å²) in [6.45, 7) is 2.78. The molecule has 3 nitrogen and oxygen atoms in total. The highest BCUT2D eigenvalue weighted by atomic mass is 32.2. The Morgan fingerprint density at radius 1 is 1.18 bits per heavy atom. The van der Waals surface area contributed by atoms with E-state index in [-0.39, 0.29) is 0 Å². The van der Waals surface area contributed by atoms with Gasteiger partial charge in [-0.25, -0.2) is 8.57 Å². The van der Waals surface area contributed by atoms with Gasteiger partial charge in [-0.15, -0.1) is 0 Å². The highest BCUT2D eigenvalue weighted by Crippen LogP contribution is 2.13. The molecule has 1 aromatic carbocycles. The molecule has 1 atom stereocenters. The van der Waals surface area contributed by atoms with Gasteiger partial charge in [-0.1, -0.05) is 24.6 Å². The van der Waals surface area contributed by atoms with Crippen molar-refractivity contribution in [3.8, 4) is 0 Å². The minimum Gasteiger partial charge on any atom is -0.284 e. The van der Waals surface area contributed by atoms with Gasteiger partial charge in [0.05, 0.1) is 9.73 Å². The van der Waals surface area contributed by atoms with Crippen molar-refractivity contribution in [3.63, 3.8) is 0 Å². The van der Waals surface area contributed by atoms with E-state index in [1.165, 1.54) is 19.3 Å². The molecule has 0 aromatic heterocycles. The van der Waals surface area contributed by atoms with Gasteiger partial charge in [0.2, 0.25) is 0 Å². The highest BCUT2D eigenvalue weighted by molar-refractivity contribution is 7.93. The van der Waals surface area contributed by atoms with Gasteiger partial charge in [0.25, 0.3) is 0 Å². The third-order valence-electron chi connectivity index (χ3n) is 3.13. The summed E-state index contributed by atoms with van der Waals surface area (Å²) in [4.78, 5) is 3.12. The quantitative estimate of drug-likeness (QED) is 0.828. The summed E-state index contributed by atoms with van der Waals surface area (Å²) in [7, 11) is -2.23. The predicted molar refractivity (Wildman–Crippen MR) is 71.5 cm³/mol. The minimum absolute atomic E-state index is 0.601. The van der Waals surface area contributed by atoms with Crippen LogP contribution in [-0.2, 0) is 9.73 Å². The summed E-state index contributed by atoms with van der Waals surface area (Å²) >= 11 is 0. The normalized spacial score (nSPS) is 20.8. The number of rotatable bonds is 3. The summed E-state index contributed by atoms with van der Waals surface area (Å²) in [5, 5.41) is 0. The lowest BCUT2D eigenvalue weighted by Crippen LogP contribution is -2.30. The fourth-order valence-corrected chi connectivity index (χ4v) is 3.24. The number of piperidine rings is 1. The van der Waals surface area contributed by atoms with Crippen molar-refractivity contribution < 1.29 is 4.21 Å². The van der Waals surface area contributed by atoms with Crippen LogP contribution < -0.4 is 0 Å². The van der Waals surface area contributed by atoms with Crippen molar-refractivity contribution in [3.05, 3.63) is 30.3 Å². The van der Waals surface area contributed by atoms with Crippen LogP contribution >= 0.6 is 0 Å². The standard InChI is InChI=1S/C13H20N2OS/c1-17(16,13-8-4-2-5-9-13)14-12-15-10-6-3-7-11-15/h2,4-5,8-9H,3,6-7,10-12H2,1H3. The number of hydrogen-bond acceptors (Lipinski definition) is 3. The first-order valence-corrected chi connectivity index (χ1v) is 8.06. The number of likely N-dealkylation sites (tertiary alicyclic amines) is 1. The van der Waals surface area contributed by atoms with Crippen molar-refractivity contribution in [1.29, 1.82) is 0 Å². The Morgan fingerprint density at radius 3 is 2.47 bits per heavy atom. The Kier molecular flexibility index (Phi) is 4.18. The molecule has 1 aliphatic heterocycles. The summed E-state index contributed by atoms with van der Waals surface area (Å²) in [5.74, 6) is 0. The molecule has 1 aliphatic rings. The van der Waals surface area contributed by atoms with E-state index in [1.807, 2.05) is 30.3 Å². The van der Waals surface area contributed by atoms with Gasteiger partial charge in [0, 0.05) is 11.2 Å². The third-order valence-corrected chi connectivity index (χ3v) is 4.89. The molecule has 4 heteroatoms. The zero-order valence-corrected chi connectivity index (χ0v) is 11.2. The second kappa shape index (κ2) is 5.65. The van der Waals surface area contributed by atoms with Gasteiger partial charge in [0.15, 0.2) is 0 Å². The summed E-state index contributed by atoms with van der Waals surface area (Å²) in [5.41, 5.74) is 0. The van der Waals surface area contributed by atoms with E-state index in [9.17, 15) is 4.21 Å². The van der Waals surface area contributed by atoms with Crippen LogP contribution in [0.2, 0.25) is 0 Å². The van der Waals surface area contributed by atoms with E-state index < -0.39 is 9.73 Å². The summed E-state index contributed by atoms with van der Waals surface area (Å²) in [6.07, 6.45) is 5.53. The Hall–Kier alpha value is -0.870. The predicted octanol–water partition coefficient (Wildman–Crippen LogP) is 2.59. The maximum absolute atomic E-state index is 12.4. The van der Waals surface area contributed by atoms with Gasteiger partial charge in [0.1, 0.15) is 6.67 Å². The fraction of sp³-hybridized carbons (Fsp3) is 0.538. The smallest absolute Gasteiger partial charge is 0.101 e. The van der Waals surface area contributed by atoms with E-state index in [0.717, 1.165) is 18.0 Å². The molecule has 1 saturated heterocycles. The average molecular weight is 252 g/mol. The highest BCUT2D eigenvalue weighted by Gasteiger charge is 2.10. The van der Waals surface area contributed by atoms with E-state index in [0.29, 0.717) is 6.67 Å². The molecule has 0 spiro atoms. The van der Waals surface area contributed by atoms with Crippen molar-refractivity contribution in [1.82, 2.24) is 4.90 Å². The number of nitrogens with zero attached hydrogens (tertiary/aromatic N) is 2. The molecule has 0 radical (unpaired) electrons. The zero-order valence-electron chi connectivity index (χ0n) is 10.3. The minimum atomic E-state index is -2.23. The molecule has 1 aromatic rings. The van der Waals surface area contributed by atoms with Crippen LogP contribution in [0.25, 0.3) is 0 Å².